The van der Waals surface area contributed by atoms with Crippen LogP contribution in [-0.4, -0.2) is 0 Å². The van der Waals surface area contributed by atoms with E-state index in [1.165, 1.54) is 0 Å². The molecule has 1 aliphatic rings. The minimum absolute atomic E-state index is 0.0108. The number of aromatic nitrogens is 1. The van der Waals surface area contributed by atoms with E-state index in [1.54, 1.807) is 42.8 Å². The Kier molecular flexibility index (Phi) is 3.66. The molecule has 128 valence electrons. The summed E-state index contributed by atoms with van der Waals surface area (Å²) in [6.07, 6.45) is -8.02. The summed E-state index contributed by atoms with van der Waals surface area (Å²) in [5.41, 5.74) is -2.22. The second-order valence-corrected chi connectivity index (χ2v) is 6.00. The average Bonchev–Trinajstić information content (AvgIpc) is 2.49. The maximum Gasteiger partial charge on any atom is 0.416 e. The molecule has 0 N–H and O–H groups in total. The van der Waals surface area contributed by atoms with E-state index in [2.05, 4.69) is 0 Å². The van der Waals surface area contributed by atoms with Crippen molar-refractivity contribution >= 4 is 0 Å². The van der Waals surface area contributed by atoms with E-state index >= 15 is 0 Å². The molecule has 0 radical (unpaired) electrons. The smallest absolute Gasteiger partial charge is 0.195 e. The van der Waals surface area contributed by atoms with E-state index in [9.17, 15) is 26.3 Å². The van der Waals surface area contributed by atoms with Crippen molar-refractivity contribution < 1.29 is 30.9 Å². The highest BCUT2D eigenvalue weighted by molar-refractivity contribution is 5.67. The number of hydrogen-bond donors (Lipinski definition) is 0. The molecular weight excluding hydrogens is 332 g/mol. The van der Waals surface area contributed by atoms with E-state index in [0.717, 1.165) is 6.07 Å². The van der Waals surface area contributed by atoms with Gasteiger partial charge in [0.1, 0.15) is 0 Å². The van der Waals surface area contributed by atoms with Crippen molar-refractivity contribution in [2.45, 2.75) is 38.2 Å². The third kappa shape index (κ3) is 2.56. The molecule has 1 aromatic carbocycles. The largest absolute Gasteiger partial charge is 0.416 e. The topological polar surface area (TPSA) is 3.88 Å². The first-order chi connectivity index (χ1) is 11.0. The van der Waals surface area contributed by atoms with Crippen LogP contribution in [0.2, 0.25) is 0 Å². The van der Waals surface area contributed by atoms with Crippen LogP contribution < -0.4 is 4.57 Å². The zero-order chi connectivity index (χ0) is 17.9. The van der Waals surface area contributed by atoms with Crippen molar-refractivity contribution in [3.63, 3.8) is 0 Å². The van der Waals surface area contributed by atoms with E-state index in [0.29, 0.717) is 5.69 Å². The van der Waals surface area contributed by atoms with Gasteiger partial charge in [-0.3, -0.25) is 0 Å². The molecule has 24 heavy (non-hydrogen) atoms. The average molecular weight is 346 g/mol. The molecule has 1 aliphatic heterocycles. The summed E-state index contributed by atoms with van der Waals surface area (Å²) in [6.45, 7) is 3.36. The summed E-state index contributed by atoms with van der Waals surface area (Å²) in [5.74, 6) is -0.571. The fourth-order valence-corrected chi connectivity index (χ4v) is 3.28. The number of nitrogens with zero attached hydrogens (tertiary/aromatic N) is 1. The minimum Gasteiger partial charge on any atom is -0.195 e. The Hall–Kier alpha value is -2.05. The van der Waals surface area contributed by atoms with Crippen LogP contribution in [0.25, 0.3) is 11.3 Å². The molecule has 7 heteroatoms. The van der Waals surface area contributed by atoms with Gasteiger partial charge in [0.2, 0.25) is 5.69 Å². The highest BCUT2D eigenvalue weighted by Crippen LogP contribution is 2.47. The van der Waals surface area contributed by atoms with Gasteiger partial charge in [-0.05, 0) is 30.7 Å². The number of halogens is 6. The van der Waals surface area contributed by atoms with E-state index in [1.807, 2.05) is 0 Å². The molecule has 0 saturated carbocycles. The van der Waals surface area contributed by atoms with Gasteiger partial charge in [0.15, 0.2) is 12.2 Å². The summed E-state index contributed by atoms with van der Waals surface area (Å²) in [5, 5.41) is 0. The molecule has 0 fully saturated rings. The van der Waals surface area contributed by atoms with Gasteiger partial charge < -0.3 is 0 Å². The molecule has 0 saturated heterocycles. The molecule has 2 aromatic rings. The number of fused-ring (bicyclic) bond motifs is 3. The molecule has 2 heterocycles. The molecule has 3 rings (SSSR count). The van der Waals surface area contributed by atoms with Crippen LogP contribution in [0.5, 0.6) is 0 Å². The van der Waals surface area contributed by atoms with Crippen molar-refractivity contribution in [2.24, 2.45) is 0 Å². The summed E-state index contributed by atoms with van der Waals surface area (Å²) in [6, 6.07) is 5.59. The van der Waals surface area contributed by atoms with E-state index in [-0.39, 0.29) is 23.2 Å². The zero-order valence-electron chi connectivity index (χ0n) is 12.8. The van der Waals surface area contributed by atoms with Gasteiger partial charge in [0.25, 0.3) is 0 Å². The van der Waals surface area contributed by atoms with Crippen LogP contribution in [0.4, 0.5) is 26.3 Å². The molecule has 1 aromatic heterocycles. The van der Waals surface area contributed by atoms with Crippen molar-refractivity contribution in [1.29, 1.82) is 0 Å². The molecule has 2 atom stereocenters. The highest BCUT2D eigenvalue weighted by atomic mass is 19.4. The van der Waals surface area contributed by atoms with Gasteiger partial charge in [-0.2, -0.15) is 30.9 Å². The first-order valence-electron chi connectivity index (χ1n) is 7.34. The predicted molar refractivity (Wildman–Crippen MR) is 75.2 cm³/mol. The first-order valence-corrected chi connectivity index (χ1v) is 7.34. The summed E-state index contributed by atoms with van der Waals surface area (Å²) < 4.78 is 81.4. The van der Waals surface area contributed by atoms with Crippen molar-refractivity contribution in [3.8, 4) is 11.3 Å². The lowest BCUT2D eigenvalue weighted by Gasteiger charge is -2.29. The molecule has 2 unspecified atom stereocenters. The number of pyridine rings is 1. The zero-order valence-corrected chi connectivity index (χ0v) is 12.8. The van der Waals surface area contributed by atoms with E-state index in [4.69, 9.17) is 0 Å². The van der Waals surface area contributed by atoms with Crippen LogP contribution in [0.15, 0.2) is 36.5 Å². The van der Waals surface area contributed by atoms with Gasteiger partial charge in [-0.25, -0.2) is 0 Å². The second kappa shape index (κ2) is 5.22. The van der Waals surface area contributed by atoms with Gasteiger partial charge >= 0.3 is 12.4 Å². The van der Waals surface area contributed by atoms with Gasteiger partial charge in [0, 0.05) is 18.1 Å². The van der Waals surface area contributed by atoms with Gasteiger partial charge in [-0.15, -0.1) is 0 Å². The molecule has 1 nitrogen and oxygen atoms in total. The Morgan fingerprint density at radius 1 is 0.917 bits per heavy atom. The predicted octanol–water partition coefficient (Wildman–Crippen LogP) is 5.36. The Balaban J connectivity index is 2.41. The third-order valence-electron chi connectivity index (χ3n) is 4.60. The van der Waals surface area contributed by atoms with Crippen LogP contribution in [-0.2, 0) is 12.4 Å². The Morgan fingerprint density at radius 3 is 2.17 bits per heavy atom. The highest BCUT2D eigenvalue weighted by Gasteiger charge is 2.45. The van der Waals surface area contributed by atoms with Crippen molar-refractivity contribution in [2.75, 3.05) is 0 Å². The molecule has 0 spiro atoms. The van der Waals surface area contributed by atoms with Crippen LogP contribution in [0.1, 0.15) is 42.5 Å². The van der Waals surface area contributed by atoms with Crippen molar-refractivity contribution in [3.05, 3.63) is 53.2 Å². The van der Waals surface area contributed by atoms with Crippen LogP contribution in [0, 0.1) is 0 Å². The lowest BCUT2D eigenvalue weighted by molar-refractivity contribution is -0.714. The summed E-state index contributed by atoms with van der Waals surface area (Å²) in [7, 11) is 0. The fraction of sp³-hybridized carbons (Fsp3) is 0.353. The monoisotopic (exact) mass is 346 g/mol. The van der Waals surface area contributed by atoms with Gasteiger partial charge in [0.05, 0.1) is 16.7 Å². The Bertz CT molecular complexity index is 791. The maximum atomic E-state index is 13.4. The quantitative estimate of drug-likeness (QED) is 0.447. The number of rotatable bonds is 0. The minimum atomic E-state index is -4.85. The summed E-state index contributed by atoms with van der Waals surface area (Å²) >= 11 is 0. The molecule has 0 amide bonds. The maximum absolute atomic E-state index is 13.4. The van der Waals surface area contributed by atoms with E-state index < -0.39 is 29.4 Å². The lowest BCUT2D eigenvalue weighted by atomic mass is 9.80. The number of benzene rings is 1. The van der Waals surface area contributed by atoms with Crippen molar-refractivity contribution in [1.82, 2.24) is 0 Å². The third-order valence-corrected chi connectivity index (χ3v) is 4.60. The lowest BCUT2D eigenvalue weighted by Crippen LogP contribution is -2.45. The molecule has 0 aliphatic carbocycles. The molecular formula is C17H14F6N+. The normalized spacial score (nSPS) is 20.5. The number of hydrogen-bond acceptors (Lipinski definition) is 0. The summed E-state index contributed by atoms with van der Waals surface area (Å²) in [4.78, 5) is 0. The number of alkyl halides is 6. The Morgan fingerprint density at radius 2 is 1.58 bits per heavy atom. The van der Waals surface area contributed by atoms with Crippen LogP contribution >= 0.6 is 0 Å². The Labute approximate surface area is 134 Å². The van der Waals surface area contributed by atoms with Crippen LogP contribution in [0.3, 0.4) is 0 Å². The molecule has 0 bridgehead atoms. The second-order valence-electron chi connectivity index (χ2n) is 6.00. The van der Waals surface area contributed by atoms with Gasteiger partial charge in [-0.1, -0.05) is 6.92 Å². The SMILES string of the molecule is CC1c2c(cc(C(F)(F)F)cc2C(F)(F)F)-c2cccc[n+]2C1C. The standard InChI is InChI=1S/C17H14F6N/c1-9-10(2)24-6-4-3-5-14(24)12-7-11(16(18,19)20)8-13(15(9)12)17(21,22)23/h3-10H,1-2H3/q+1. The fourth-order valence-electron chi connectivity index (χ4n) is 3.28. The first kappa shape index (κ1) is 16.8.